The van der Waals surface area contributed by atoms with Gasteiger partial charge in [0.2, 0.25) is 5.03 Å². The first-order chi connectivity index (χ1) is 8.90. The molecule has 1 aromatic heterocycles. The third-order valence-corrected chi connectivity index (χ3v) is 5.70. The van der Waals surface area contributed by atoms with E-state index in [1.807, 2.05) is 0 Å². The molecule has 1 aromatic rings. The number of rotatable bonds is 4. The van der Waals surface area contributed by atoms with Gasteiger partial charge >= 0.3 is 0 Å². The predicted octanol–water partition coefficient (Wildman–Crippen LogP) is 2.18. The summed E-state index contributed by atoms with van der Waals surface area (Å²) in [5.41, 5.74) is 0. The monoisotopic (exact) mass is 305 g/mol. The van der Waals surface area contributed by atoms with Gasteiger partial charge in [0.05, 0.1) is 6.33 Å². The van der Waals surface area contributed by atoms with E-state index in [1.165, 1.54) is 23.7 Å². The highest BCUT2D eigenvalue weighted by Gasteiger charge is 2.25. The molecule has 0 spiro atoms. The zero-order valence-electron chi connectivity index (χ0n) is 11.3. The molecule has 0 aromatic carbocycles. The lowest BCUT2D eigenvalue weighted by atomic mass is 9.83. The van der Waals surface area contributed by atoms with Crippen molar-refractivity contribution >= 4 is 21.6 Å². The highest BCUT2D eigenvalue weighted by atomic mass is 35.5. The Labute approximate surface area is 119 Å². The molecule has 1 aliphatic carbocycles. The number of aromatic nitrogens is 2. The van der Waals surface area contributed by atoms with Gasteiger partial charge < -0.3 is 4.57 Å². The van der Waals surface area contributed by atoms with Crippen LogP contribution >= 0.6 is 11.6 Å². The fourth-order valence-electron chi connectivity index (χ4n) is 2.40. The molecular weight excluding hydrogens is 286 g/mol. The lowest BCUT2D eigenvalue weighted by Gasteiger charge is -2.25. The Balaban J connectivity index is 1.97. The van der Waals surface area contributed by atoms with Crippen LogP contribution in [0.25, 0.3) is 0 Å². The maximum atomic E-state index is 12.1. The Morgan fingerprint density at radius 1 is 1.42 bits per heavy atom. The standard InChI is InChI=1S/C12H20ClN3O2S/c1-9-3-5-10(6-4-9)7-15-19(17,18)12-11(13)16(2)8-14-12/h8-10,15H,3-7H2,1-2H3. The Bertz CT molecular complexity index is 533. The van der Waals surface area contributed by atoms with Gasteiger partial charge in [0.1, 0.15) is 5.15 Å². The van der Waals surface area contributed by atoms with Crippen LogP contribution in [-0.4, -0.2) is 24.5 Å². The van der Waals surface area contributed by atoms with Gasteiger partial charge in [-0.1, -0.05) is 31.4 Å². The second-order valence-corrected chi connectivity index (χ2v) is 7.47. The molecule has 1 heterocycles. The first-order valence-electron chi connectivity index (χ1n) is 6.56. The van der Waals surface area contributed by atoms with Gasteiger partial charge in [-0.05, 0) is 24.7 Å². The fraction of sp³-hybridized carbons (Fsp3) is 0.750. The van der Waals surface area contributed by atoms with Gasteiger partial charge in [0.25, 0.3) is 10.0 Å². The van der Waals surface area contributed by atoms with Crippen LogP contribution in [0.3, 0.4) is 0 Å². The zero-order chi connectivity index (χ0) is 14.0. The molecule has 108 valence electrons. The van der Waals surface area contributed by atoms with E-state index < -0.39 is 10.0 Å². The molecule has 0 atom stereocenters. The van der Waals surface area contributed by atoms with Crippen molar-refractivity contribution in [2.24, 2.45) is 18.9 Å². The van der Waals surface area contributed by atoms with Crippen molar-refractivity contribution in [2.45, 2.75) is 37.6 Å². The van der Waals surface area contributed by atoms with Crippen molar-refractivity contribution in [3.8, 4) is 0 Å². The number of hydrogen-bond donors (Lipinski definition) is 1. The first-order valence-corrected chi connectivity index (χ1v) is 8.42. The van der Waals surface area contributed by atoms with Crippen LogP contribution in [0.1, 0.15) is 32.6 Å². The van der Waals surface area contributed by atoms with E-state index >= 15 is 0 Å². The quantitative estimate of drug-likeness (QED) is 0.927. The highest BCUT2D eigenvalue weighted by Crippen LogP contribution is 2.28. The van der Waals surface area contributed by atoms with Crippen LogP contribution in [0.15, 0.2) is 11.4 Å². The third-order valence-electron chi connectivity index (χ3n) is 3.79. The van der Waals surface area contributed by atoms with E-state index in [4.69, 9.17) is 11.6 Å². The average molecular weight is 306 g/mol. The number of aryl methyl sites for hydroxylation is 1. The van der Waals surface area contributed by atoms with Gasteiger partial charge in [0, 0.05) is 13.6 Å². The summed E-state index contributed by atoms with van der Waals surface area (Å²) >= 11 is 5.92. The van der Waals surface area contributed by atoms with E-state index in [1.54, 1.807) is 7.05 Å². The Morgan fingerprint density at radius 2 is 2.05 bits per heavy atom. The number of nitrogens with one attached hydrogen (secondary N) is 1. The fourth-order valence-corrected chi connectivity index (χ4v) is 3.94. The van der Waals surface area contributed by atoms with Gasteiger partial charge in [-0.3, -0.25) is 0 Å². The molecule has 7 heteroatoms. The van der Waals surface area contributed by atoms with Crippen molar-refractivity contribution in [3.05, 3.63) is 11.5 Å². The molecule has 0 bridgehead atoms. The summed E-state index contributed by atoms with van der Waals surface area (Å²) < 4.78 is 28.3. The molecule has 19 heavy (non-hydrogen) atoms. The van der Waals surface area contributed by atoms with Gasteiger partial charge in [0.15, 0.2) is 0 Å². The van der Waals surface area contributed by atoms with E-state index in [2.05, 4.69) is 16.6 Å². The van der Waals surface area contributed by atoms with E-state index in [9.17, 15) is 8.42 Å². The molecule has 1 saturated carbocycles. The summed E-state index contributed by atoms with van der Waals surface area (Å²) in [6.45, 7) is 2.72. The number of hydrogen-bond acceptors (Lipinski definition) is 3. The van der Waals surface area contributed by atoms with Crippen LogP contribution < -0.4 is 4.72 Å². The highest BCUT2D eigenvalue weighted by molar-refractivity contribution is 7.89. The molecule has 2 rings (SSSR count). The van der Waals surface area contributed by atoms with Crippen LogP contribution in [-0.2, 0) is 17.1 Å². The SMILES string of the molecule is CC1CCC(CNS(=O)(=O)c2ncn(C)c2Cl)CC1. The molecule has 5 nitrogen and oxygen atoms in total. The molecule has 0 amide bonds. The first kappa shape index (κ1) is 14.8. The number of nitrogens with zero attached hydrogens (tertiary/aromatic N) is 2. The van der Waals surface area contributed by atoms with Gasteiger partial charge in [-0.2, -0.15) is 0 Å². The second kappa shape index (κ2) is 5.81. The normalized spacial score (nSPS) is 24.6. The van der Waals surface area contributed by atoms with E-state index in [0.29, 0.717) is 12.5 Å². The summed E-state index contributed by atoms with van der Waals surface area (Å²) in [4.78, 5) is 3.84. The lowest BCUT2D eigenvalue weighted by Crippen LogP contribution is -2.31. The van der Waals surface area contributed by atoms with Gasteiger partial charge in [-0.25, -0.2) is 18.1 Å². The third kappa shape index (κ3) is 3.49. The summed E-state index contributed by atoms with van der Waals surface area (Å²) in [6, 6.07) is 0. The molecule has 1 N–H and O–H groups in total. The summed E-state index contributed by atoms with van der Waals surface area (Å²) in [6.07, 6.45) is 5.92. The van der Waals surface area contributed by atoms with Crippen LogP contribution in [0.4, 0.5) is 0 Å². The minimum Gasteiger partial charge on any atom is -0.324 e. The molecule has 1 fully saturated rings. The summed E-state index contributed by atoms with van der Waals surface area (Å²) in [5.74, 6) is 1.19. The Kier molecular flexibility index (Phi) is 4.53. The summed E-state index contributed by atoms with van der Waals surface area (Å²) in [5, 5.41) is 0.0608. The van der Waals surface area contributed by atoms with Crippen molar-refractivity contribution in [1.82, 2.24) is 14.3 Å². The number of halogens is 1. The van der Waals surface area contributed by atoms with Crippen LogP contribution in [0, 0.1) is 11.8 Å². The lowest BCUT2D eigenvalue weighted by molar-refractivity contribution is 0.290. The van der Waals surface area contributed by atoms with Crippen molar-refractivity contribution in [2.75, 3.05) is 6.54 Å². The topological polar surface area (TPSA) is 64.0 Å². The zero-order valence-corrected chi connectivity index (χ0v) is 12.8. The van der Waals surface area contributed by atoms with Crippen molar-refractivity contribution < 1.29 is 8.42 Å². The largest absolute Gasteiger partial charge is 0.324 e. The predicted molar refractivity (Wildman–Crippen MR) is 74.5 cm³/mol. The minimum absolute atomic E-state index is 0.0826. The molecular formula is C12H20ClN3O2S. The smallest absolute Gasteiger partial charge is 0.261 e. The Morgan fingerprint density at radius 3 is 2.58 bits per heavy atom. The number of sulfonamides is 1. The molecule has 0 radical (unpaired) electrons. The van der Waals surface area contributed by atoms with Crippen LogP contribution in [0.5, 0.6) is 0 Å². The van der Waals surface area contributed by atoms with E-state index in [0.717, 1.165) is 18.8 Å². The Hall–Kier alpha value is -0.590. The molecule has 0 unspecified atom stereocenters. The second-order valence-electron chi connectivity index (χ2n) is 5.43. The van der Waals surface area contributed by atoms with Crippen LogP contribution in [0.2, 0.25) is 5.15 Å². The van der Waals surface area contributed by atoms with Crippen molar-refractivity contribution in [3.63, 3.8) is 0 Å². The molecule has 1 aliphatic rings. The van der Waals surface area contributed by atoms with Gasteiger partial charge in [-0.15, -0.1) is 0 Å². The molecule has 0 aliphatic heterocycles. The minimum atomic E-state index is -3.60. The maximum absolute atomic E-state index is 12.1. The maximum Gasteiger partial charge on any atom is 0.261 e. The van der Waals surface area contributed by atoms with E-state index in [-0.39, 0.29) is 10.2 Å². The number of imidazole rings is 1. The molecule has 0 saturated heterocycles. The summed E-state index contributed by atoms with van der Waals surface area (Å²) in [7, 11) is -1.93. The average Bonchev–Trinajstić information content (AvgIpc) is 2.70. The van der Waals surface area contributed by atoms with Crippen molar-refractivity contribution in [1.29, 1.82) is 0 Å².